The van der Waals surface area contributed by atoms with E-state index >= 15 is 0 Å². The number of para-hydroxylation sites is 1. The van der Waals surface area contributed by atoms with Crippen LogP contribution in [-0.2, 0) is 14.4 Å². The fourth-order valence-electron chi connectivity index (χ4n) is 1.82. The normalized spacial score (nSPS) is 11.6. The van der Waals surface area contributed by atoms with Gasteiger partial charge in [0.1, 0.15) is 0 Å². The van der Waals surface area contributed by atoms with Gasteiger partial charge in [0, 0.05) is 16.9 Å². The van der Waals surface area contributed by atoms with E-state index in [1.54, 1.807) is 19.1 Å². The van der Waals surface area contributed by atoms with Gasteiger partial charge in [0.25, 0.3) is 0 Å². The van der Waals surface area contributed by atoms with E-state index in [4.69, 9.17) is 0 Å². The van der Waals surface area contributed by atoms with Crippen LogP contribution in [0.25, 0.3) is 0 Å². The minimum absolute atomic E-state index is 0.0387. The number of carbonyl (C=O) groups is 3. The van der Waals surface area contributed by atoms with E-state index in [1.165, 1.54) is 0 Å². The third-order valence-corrected chi connectivity index (χ3v) is 2.88. The van der Waals surface area contributed by atoms with Crippen LogP contribution in [-0.4, -0.2) is 29.0 Å². The number of nitrogens with zero attached hydrogens (tertiary/aromatic N) is 1. The number of hydrogen-bond donors (Lipinski definition) is 3. The number of carbonyl (C=O) groups excluding carboxylic acids is 3. The molecule has 0 atom stereocenters. The summed E-state index contributed by atoms with van der Waals surface area (Å²) in [6, 6.07) is 7.12. The number of hydrogen-bond acceptors (Lipinski definition) is 4. The predicted octanol–water partition coefficient (Wildman–Crippen LogP) is 1.73. The zero-order valence-electron chi connectivity index (χ0n) is 14.7. The standard InChI is InChI=1S/C17H24N4O3/c1-11-8-6-7-9-13(11)18-15(23)16(24)21-20-12(2)10-14(22)19-17(3,4)5/h6-9H,10H2,1-5H3,(H,18,23)(H,19,22)(H,21,24)/b20-12-. The van der Waals surface area contributed by atoms with Crippen LogP contribution >= 0.6 is 0 Å². The first-order valence-corrected chi connectivity index (χ1v) is 7.59. The zero-order valence-corrected chi connectivity index (χ0v) is 14.7. The SMILES string of the molecule is C/C(CC(=O)NC(C)(C)C)=N/NC(=O)C(=O)Nc1ccccc1C. The van der Waals surface area contributed by atoms with Gasteiger partial charge < -0.3 is 10.6 Å². The largest absolute Gasteiger partial charge is 0.351 e. The maximum Gasteiger partial charge on any atom is 0.329 e. The molecule has 0 radical (unpaired) electrons. The molecule has 1 aromatic carbocycles. The summed E-state index contributed by atoms with van der Waals surface area (Å²) in [4.78, 5) is 35.3. The summed E-state index contributed by atoms with van der Waals surface area (Å²) in [5.41, 5.74) is 3.61. The lowest BCUT2D eigenvalue weighted by Crippen LogP contribution is -2.41. The van der Waals surface area contributed by atoms with Crippen molar-refractivity contribution in [1.82, 2.24) is 10.7 Å². The molecule has 1 aromatic rings. The average molecular weight is 332 g/mol. The van der Waals surface area contributed by atoms with E-state index in [1.807, 2.05) is 39.8 Å². The van der Waals surface area contributed by atoms with E-state index in [0.29, 0.717) is 11.4 Å². The summed E-state index contributed by atoms with van der Waals surface area (Å²) in [5, 5.41) is 9.07. The van der Waals surface area contributed by atoms with Crippen molar-refractivity contribution < 1.29 is 14.4 Å². The number of nitrogens with one attached hydrogen (secondary N) is 3. The molecular formula is C17H24N4O3. The van der Waals surface area contributed by atoms with Gasteiger partial charge in [-0.2, -0.15) is 5.10 Å². The second-order valence-corrected chi connectivity index (χ2v) is 6.53. The molecule has 0 aromatic heterocycles. The zero-order chi connectivity index (χ0) is 18.3. The highest BCUT2D eigenvalue weighted by Gasteiger charge is 2.16. The number of anilines is 1. The molecule has 0 aliphatic carbocycles. The summed E-state index contributed by atoms with van der Waals surface area (Å²) < 4.78 is 0. The Bertz CT molecular complexity index is 660. The molecule has 0 bridgehead atoms. The minimum Gasteiger partial charge on any atom is -0.351 e. The van der Waals surface area contributed by atoms with Gasteiger partial charge in [-0.1, -0.05) is 18.2 Å². The quantitative estimate of drug-likeness (QED) is 0.445. The third kappa shape index (κ3) is 7.04. The smallest absolute Gasteiger partial charge is 0.329 e. The lowest BCUT2D eigenvalue weighted by molar-refractivity contribution is -0.136. The van der Waals surface area contributed by atoms with Gasteiger partial charge in [-0.05, 0) is 46.2 Å². The maximum atomic E-state index is 11.8. The first-order valence-electron chi connectivity index (χ1n) is 7.59. The van der Waals surface area contributed by atoms with Crippen LogP contribution in [0, 0.1) is 6.92 Å². The Morgan fingerprint density at radius 2 is 1.71 bits per heavy atom. The van der Waals surface area contributed by atoms with Crippen LogP contribution in [0.5, 0.6) is 0 Å². The highest BCUT2D eigenvalue weighted by Crippen LogP contribution is 2.12. The lowest BCUT2D eigenvalue weighted by Gasteiger charge is -2.20. The van der Waals surface area contributed by atoms with Crippen LogP contribution in [0.15, 0.2) is 29.4 Å². The molecule has 7 nitrogen and oxygen atoms in total. The molecule has 1 rings (SSSR count). The second kappa shape index (κ2) is 8.24. The first kappa shape index (κ1) is 19.3. The molecule has 0 unspecified atom stereocenters. The van der Waals surface area contributed by atoms with E-state index < -0.39 is 11.8 Å². The van der Waals surface area contributed by atoms with Crippen molar-refractivity contribution in [3.05, 3.63) is 29.8 Å². The van der Waals surface area contributed by atoms with Gasteiger partial charge in [-0.15, -0.1) is 0 Å². The van der Waals surface area contributed by atoms with Crippen LogP contribution < -0.4 is 16.1 Å². The van der Waals surface area contributed by atoms with Gasteiger partial charge in [-0.3, -0.25) is 14.4 Å². The van der Waals surface area contributed by atoms with E-state index in [2.05, 4.69) is 21.2 Å². The molecule has 3 N–H and O–H groups in total. The Labute approximate surface area is 141 Å². The monoisotopic (exact) mass is 332 g/mol. The maximum absolute atomic E-state index is 11.8. The number of benzene rings is 1. The van der Waals surface area contributed by atoms with Crippen molar-refractivity contribution in [3.63, 3.8) is 0 Å². The summed E-state index contributed by atoms with van der Waals surface area (Å²) in [5.74, 6) is -1.92. The van der Waals surface area contributed by atoms with Gasteiger partial charge in [0.2, 0.25) is 5.91 Å². The summed E-state index contributed by atoms with van der Waals surface area (Å²) in [7, 11) is 0. The summed E-state index contributed by atoms with van der Waals surface area (Å²) in [6.07, 6.45) is 0.0387. The highest BCUT2D eigenvalue weighted by molar-refractivity contribution is 6.39. The van der Waals surface area contributed by atoms with E-state index in [-0.39, 0.29) is 17.9 Å². The third-order valence-electron chi connectivity index (χ3n) is 2.88. The van der Waals surface area contributed by atoms with Gasteiger partial charge >= 0.3 is 11.8 Å². The van der Waals surface area contributed by atoms with Crippen molar-refractivity contribution in [2.75, 3.05) is 5.32 Å². The fourth-order valence-corrected chi connectivity index (χ4v) is 1.82. The van der Waals surface area contributed by atoms with Crippen molar-refractivity contribution in [2.24, 2.45) is 5.10 Å². The Morgan fingerprint density at radius 1 is 1.08 bits per heavy atom. The van der Waals surface area contributed by atoms with Crippen molar-refractivity contribution in [2.45, 2.75) is 46.6 Å². The molecule has 0 fully saturated rings. The Kier molecular flexibility index (Phi) is 6.64. The molecule has 0 heterocycles. The van der Waals surface area contributed by atoms with Crippen molar-refractivity contribution >= 4 is 29.1 Å². The van der Waals surface area contributed by atoms with Gasteiger partial charge in [0.05, 0.1) is 6.42 Å². The molecule has 0 saturated carbocycles. The fraction of sp³-hybridized carbons (Fsp3) is 0.412. The molecule has 0 saturated heterocycles. The van der Waals surface area contributed by atoms with Crippen molar-refractivity contribution in [3.8, 4) is 0 Å². The molecule has 0 aliphatic rings. The molecule has 7 heteroatoms. The topological polar surface area (TPSA) is 99.7 Å². The second-order valence-electron chi connectivity index (χ2n) is 6.53. The number of hydrazone groups is 1. The van der Waals surface area contributed by atoms with E-state index in [0.717, 1.165) is 5.56 Å². The van der Waals surface area contributed by atoms with Crippen molar-refractivity contribution in [1.29, 1.82) is 0 Å². The Morgan fingerprint density at radius 3 is 2.29 bits per heavy atom. The summed E-state index contributed by atoms with van der Waals surface area (Å²) >= 11 is 0. The molecule has 24 heavy (non-hydrogen) atoms. The first-order chi connectivity index (χ1) is 11.1. The van der Waals surface area contributed by atoms with Crippen LogP contribution in [0.4, 0.5) is 5.69 Å². The van der Waals surface area contributed by atoms with Crippen LogP contribution in [0.3, 0.4) is 0 Å². The molecule has 0 spiro atoms. The number of rotatable bonds is 4. The van der Waals surface area contributed by atoms with Gasteiger partial charge in [-0.25, -0.2) is 5.43 Å². The summed E-state index contributed by atoms with van der Waals surface area (Å²) in [6.45, 7) is 9.03. The predicted molar refractivity (Wildman–Crippen MR) is 93.6 cm³/mol. The molecular weight excluding hydrogens is 308 g/mol. The van der Waals surface area contributed by atoms with Crippen LogP contribution in [0.1, 0.15) is 39.7 Å². The highest BCUT2D eigenvalue weighted by atomic mass is 16.2. The molecule has 3 amide bonds. The van der Waals surface area contributed by atoms with E-state index in [9.17, 15) is 14.4 Å². The minimum atomic E-state index is -0.895. The van der Waals surface area contributed by atoms with Crippen LogP contribution in [0.2, 0.25) is 0 Å². The van der Waals surface area contributed by atoms with Gasteiger partial charge in [0.15, 0.2) is 0 Å². The lowest BCUT2D eigenvalue weighted by atomic mass is 10.1. The number of aryl methyl sites for hydroxylation is 1. The average Bonchev–Trinajstić information content (AvgIpc) is 2.45. The molecule has 130 valence electrons. The Balaban J connectivity index is 2.53. The Hall–Kier alpha value is -2.70. The molecule has 0 aliphatic heterocycles. The number of amides is 3.